The second kappa shape index (κ2) is 5.50. The first-order valence-electron chi connectivity index (χ1n) is 5.95. The maximum Gasteiger partial charge on any atom is 0.338 e. The van der Waals surface area contributed by atoms with Gasteiger partial charge in [0.2, 0.25) is 0 Å². The van der Waals surface area contributed by atoms with E-state index in [1.54, 1.807) is 0 Å². The predicted octanol–water partition coefficient (Wildman–Crippen LogP) is 3.66. The van der Waals surface area contributed by atoms with Gasteiger partial charge in [-0.3, -0.25) is 0 Å². The molecule has 2 aromatic carbocycles. The van der Waals surface area contributed by atoms with Gasteiger partial charge in [0.25, 0.3) is 0 Å². The van der Waals surface area contributed by atoms with Gasteiger partial charge in [-0.2, -0.15) is 0 Å². The van der Waals surface area contributed by atoms with Crippen LogP contribution in [0.25, 0.3) is 0 Å². The smallest absolute Gasteiger partial charge is 0.338 e. The molecule has 0 aliphatic carbocycles. The van der Waals surface area contributed by atoms with Crippen molar-refractivity contribution in [3.05, 3.63) is 70.8 Å². The summed E-state index contributed by atoms with van der Waals surface area (Å²) < 4.78 is 5.30. The van der Waals surface area contributed by atoms with Crippen molar-refractivity contribution in [3.8, 4) is 0 Å². The van der Waals surface area contributed by atoms with Crippen LogP contribution in [0.4, 0.5) is 0 Å². The average molecular weight is 240 g/mol. The molecule has 0 bridgehead atoms. The highest BCUT2D eigenvalue weighted by Gasteiger charge is 2.10. The van der Waals surface area contributed by atoms with Crippen LogP contribution < -0.4 is 0 Å². The first kappa shape index (κ1) is 12.4. The molecular formula is C16H16O2. The summed E-state index contributed by atoms with van der Waals surface area (Å²) in [5.74, 6) is -0.267. The Morgan fingerprint density at radius 3 is 2.44 bits per heavy atom. The molecule has 0 saturated carbocycles. The van der Waals surface area contributed by atoms with Crippen molar-refractivity contribution in [3.63, 3.8) is 0 Å². The minimum absolute atomic E-state index is 0.267. The topological polar surface area (TPSA) is 26.3 Å². The van der Waals surface area contributed by atoms with E-state index in [2.05, 4.69) is 0 Å². The Kier molecular flexibility index (Phi) is 3.78. The molecule has 0 heterocycles. The molecule has 92 valence electrons. The lowest BCUT2D eigenvalue weighted by Crippen LogP contribution is -2.07. The fourth-order valence-corrected chi connectivity index (χ4v) is 1.84. The highest BCUT2D eigenvalue weighted by Crippen LogP contribution is 2.13. The summed E-state index contributed by atoms with van der Waals surface area (Å²) in [6.07, 6.45) is 0. The van der Waals surface area contributed by atoms with Crippen LogP contribution in [0.15, 0.2) is 48.5 Å². The van der Waals surface area contributed by atoms with Crippen molar-refractivity contribution in [1.29, 1.82) is 0 Å². The normalized spacial score (nSPS) is 10.1. The van der Waals surface area contributed by atoms with E-state index < -0.39 is 0 Å². The predicted molar refractivity (Wildman–Crippen MR) is 71.5 cm³/mol. The highest BCUT2D eigenvalue weighted by molar-refractivity contribution is 5.91. The molecule has 0 saturated heterocycles. The average Bonchev–Trinajstić information content (AvgIpc) is 2.37. The molecule has 0 aliphatic heterocycles. The molecule has 0 unspecified atom stereocenters. The Balaban J connectivity index is 2.04. The molecule has 0 atom stereocenters. The zero-order valence-corrected chi connectivity index (χ0v) is 10.6. The summed E-state index contributed by atoms with van der Waals surface area (Å²) in [6.45, 7) is 4.24. The number of esters is 1. The Labute approximate surface area is 107 Å². The van der Waals surface area contributed by atoms with Crippen molar-refractivity contribution in [2.75, 3.05) is 0 Å². The lowest BCUT2D eigenvalue weighted by atomic mass is 10.1. The molecule has 0 aliphatic rings. The van der Waals surface area contributed by atoms with Crippen LogP contribution in [0, 0.1) is 13.8 Å². The second-order valence-electron chi connectivity index (χ2n) is 4.38. The Morgan fingerprint density at radius 2 is 1.78 bits per heavy atom. The first-order chi connectivity index (χ1) is 8.66. The van der Waals surface area contributed by atoms with Gasteiger partial charge in [0.1, 0.15) is 6.61 Å². The number of hydrogen-bond donors (Lipinski definition) is 0. The summed E-state index contributed by atoms with van der Waals surface area (Å²) in [7, 11) is 0. The maximum absolute atomic E-state index is 11.9. The number of ether oxygens (including phenoxy) is 1. The van der Waals surface area contributed by atoms with Crippen molar-refractivity contribution in [2.45, 2.75) is 20.5 Å². The molecule has 0 fully saturated rings. The maximum atomic E-state index is 11.9. The van der Waals surface area contributed by atoms with Gasteiger partial charge in [0, 0.05) is 0 Å². The van der Waals surface area contributed by atoms with Gasteiger partial charge in [-0.05, 0) is 31.0 Å². The zero-order valence-electron chi connectivity index (χ0n) is 10.6. The van der Waals surface area contributed by atoms with Crippen LogP contribution in [0.2, 0.25) is 0 Å². The van der Waals surface area contributed by atoms with Crippen LogP contribution in [-0.2, 0) is 11.3 Å². The molecule has 0 N–H and O–H groups in total. The Morgan fingerprint density at radius 1 is 1.06 bits per heavy atom. The summed E-state index contributed by atoms with van der Waals surface area (Å²) in [6, 6.07) is 15.4. The second-order valence-corrected chi connectivity index (χ2v) is 4.38. The van der Waals surface area contributed by atoms with Gasteiger partial charge >= 0.3 is 5.97 Å². The number of carbonyl (C=O) groups is 1. The number of aryl methyl sites for hydroxylation is 2. The number of carbonyl (C=O) groups excluding carboxylic acids is 1. The molecular weight excluding hydrogens is 224 g/mol. The largest absolute Gasteiger partial charge is 0.457 e. The van der Waals surface area contributed by atoms with E-state index in [-0.39, 0.29) is 5.97 Å². The fraction of sp³-hybridized carbons (Fsp3) is 0.188. The van der Waals surface area contributed by atoms with Crippen molar-refractivity contribution < 1.29 is 9.53 Å². The van der Waals surface area contributed by atoms with Gasteiger partial charge < -0.3 is 4.74 Å². The van der Waals surface area contributed by atoms with Gasteiger partial charge in [0.15, 0.2) is 0 Å². The van der Waals surface area contributed by atoms with E-state index in [0.29, 0.717) is 12.2 Å². The van der Waals surface area contributed by atoms with Crippen molar-refractivity contribution in [1.82, 2.24) is 0 Å². The van der Waals surface area contributed by atoms with E-state index in [0.717, 1.165) is 16.7 Å². The van der Waals surface area contributed by atoms with Crippen molar-refractivity contribution in [2.24, 2.45) is 0 Å². The molecule has 0 amide bonds. The quantitative estimate of drug-likeness (QED) is 0.765. The van der Waals surface area contributed by atoms with E-state index in [1.807, 2.05) is 62.4 Å². The lowest BCUT2D eigenvalue weighted by Gasteiger charge is -2.07. The Bertz CT molecular complexity index is 544. The lowest BCUT2D eigenvalue weighted by molar-refractivity contribution is 0.0472. The summed E-state index contributed by atoms with van der Waals surface area (Å²) in [5.41, 5.74) is 3.73. The van der Waals surface area contributed by atoms with Crippen LogP contribution in [-0.4, -0.2) is 5.97 Å². The van der Waals surface area contributed by atoms with Gasteiger partial charge in [-0.15, -0.1) is 0 Å². The first-order valence-corrected chi connectivity index (χ1v) is 5.95. The number of hydrogen-bond acceptors (Lipinski definition) is 2. The molecule has 2 heteroatoms. The van der Waals surface area contributed by atoms with Crippen LogP contribution in [0.1, 0.15) is 27.0 Å². The molecule has 0 aromatic heterocycles. The number of benzene rings is 2. The molecule has 0 spiro atoms. The highest BCUT2D eigenvalue weighted by atomic mass is 16.5. The van der Waals surface area contributed by atoms with E-state index in [4.69, 9.17) is 4.74 Å². The molecule has 2 nitrogen and oxygen atoms in total. The minimum Gasteiger partial charge on any atom is -0.457 e. The number of rotatable bonds is 3. The van der Waals surface area contributed by atoms with Gasteiger partial charge in [0.05, 0.1) is 5.56 Å². The van der Waals surface area contributed by atoms with Gasteiger partial charge in [-0.25, -0.2) is 4.79 Å². The van der Waals surface area contributed by atoms with Crippen LogP contribution in [0.3, 0.4) is 0 Å². The molecule has 18 heavy (non-hydrogen) atoms. The fourth-order valence-electron chi connectivity index (χ4n) is 1.84. The van der Waals surface area contributed by atoms with Gasteiger partial charge in [-0.1, -0.05) is 48.0 Å². The van der Waals surface area contributed by atoms with E-state index >= 15 is 0 Å². The third-order valence-electron chi connectivity index (χ3n) is 2.81. The van der Waals surface area contributed by atoms with E-state index in [9.17, 15) is 4.79 Å². The third-order valence-corrected chi connectivity index (χ3v) is 2.81. The summed E-state index contributed by atoms with van der Waals surface area (Å²) in [4.78, 5) is 11.9. The van der Waals surface area contributed by atoms with Crippen LogP contribution in [0.5, 0.6) is 0 Å². The monoisotopic (exact) mass is 240 g/mol. The molecule has 0 radical (unpaired) electrons. The van der Waals surface area contributed by atoms with Crippen LogP contribution >= 0.6 is 0 Å². The summed E-state index contributed by atoms with van der Waals surface area (Å²) in [5, 5.41) is 0. The molecule has 2 rings (SSSR count). The summed E-state index contributed by atoms with van der Waals surface area (Å²) >= 11 is 0. The SMILES string of the molecule is Cc1ccc(C(=O)OCc2ccccc2)c(C)c1. The van der Waals surface area contributed by atoms with Crippen molar-refractivity contribution >= 4 is 5.97 Å². The standard InChI is InChI=1S/C16H16O2/c1-12-8-9-15(13(2)10-12)16(17)18-11-14-6-4-3-5-7-14/h3-10H,11H2,1-2H3. The third kappa shape index (κ3) is 2.98. The minimum atomic E-state index is -0.267. The zero-order chi connectivity index (χ0) is 13.0. The molecule has 2 aromatic rings. The van der Waals surface area contributed by atoms with E-state index in [1.165, 1.54) is 0 Å². The Hall–Kier alpha value is -2.09.